The van der Waals surface area contributed by atoms with E-state index in [0.717, 1.165) is 5.56 Å². The molecule has 0 heterocycles. The number of amides is 1. The number of nitriles is 1. The molecule has 1 amide bonds. The Bertz CT molecular complexity index is 1090. The van der Waals surface area contributed by atoms with Crippen LogP contribution in [0.15, 0.2) is 78.4 Å². The fraction of sp³-hybridized carbons (Fsp3) is 0.0435. The van der Waals surface area contributed by atoms with Crippen LogP contribution in [0.25, 0.3) is 6.08 Å². The highest BCUT2D eigenvalue weighted by Crippen LogP contribution is 2.24. The Balaban J connectivity index is 1.78. The zero-order valence-electron chi connectivity index (χ0n) is 15.2. The molecule has 0 saturated carbocycles. The van der Waals surface area contributed by atoms with Crippen LogP contribution in [0, 0.1) is 11.3 Å². The number of carbonyl (C=O) groups is 1. The molecule has 0 aliphatic heterocycles. The topological polar surface area (TPSA) is 62.1 Å². The van der Waals surface area contributed by atoms with Gasteiger partial charge >= 0.3 is 0 Å². The molecule has 29 heavy (non-hydrogen) atoms. The first-order chi connectivity index (χ1) is 14.1. The van der Waals surface area contributed by atoms with Crippen molar-refractivity contribution in [1.29, 1.82) is 5.26 Å². The van der Waals surface area contributed by atoms with Crippen LogP contribution in [0.2, 0.25) is 10.0 Å². The van der Waals surface area contributed by atoms with Crippen molar-refractivity contribution in [3.8, 4) is 11.8 Å². The van der Waals surface area contributed by atoms with Crippen molar-refractivity contribution in [2.24, 2.45) is 0 Å². The van der Waals surface area contributed by atoms with E-state index in [-0.39, 0.29) is 12.2 Å². The van der Waals surface area contributed by atoms with Crippen molar-refractivity contribution >= 4 is 40.9 Å². The minimum absolute atomic E-state index is 0.0475. The highest BCUT2D eigenvalue weighted by molar-refractivity contribution is 6.31. The molecule has 4 nitrogen and oxygen atoms in total. The van der Waals surface area contributed by atoms with Gasteiger partial charge in [-0.15, -0.1) is 0 Å². The summed E-state index contributed by atoms with van der Waals surface area (Å²) in [4.78, 5) is 12.5. The summed E-state index contributed by atoms with van der Waals surface area (Å²) in [5, 5.41) is 13.3. The van der Waals surface area contributed by atoms with E-state index in [1.165, 1.54) is 6.08 Å². The van der Waals surface area contributed by atoms with Crippen LogP contribution in [0.1, 0.15) is 11.1 Å². The van der Waals surface area contributed by atoms with Gasteiger partial charge in [-0.3, -0.25) is 4.79 Å². The van der Waals surface area contributed by atoms with E-state index < -0.39 is 5.91 Å². The number of carbonyl (C=O) groups excluding carboxylic acids is 1. The van der Waals surface area contributed by atoms with Gasteiger partial charge in [-0.1, -0.05) is 59.6 Å². The molecule has 3 rings (SSSR count). The highest BCUT2D eigenvalue weighted by Gasteiger charge is 2.12. The van der Waals surface area contributed by atoms with Crippen molar-refractivity contribution in [2.45, 2.75) is 6.61 Å². The quantitative estimate of drug-likeness (QED) is 0.384. The molecule has 3 aromatic rings. The summed E-state index contributed by atoms with van der Waals surface area (Å²) in [5.41, 5.74) is 1.95. The summed E-state index contributed by atoms with van der Waals surface area (Å²) in [5.74, 6) is 0.0233. The van der Waals surface area contributed by atoms with Crippen molar-refractivity contribution in [1.82, 2.24) is 0 Å². The fourth-order valence-corrected chi connectivity index (χ4v) is 2.85. The number of nitrogens with one attached hydrogen (secondary N) is 1. The standard InChI is InChI=1S/C23H16Cl2N2O2/c24-19-9-11-20(12-10-19)27-23(28)18(14-26)13-16-5-2-4-8-22(16)29-15-17-6-1-3-7-21(17)25/h1-13H,15H2,(H,27,28)/b18-13+. The fourth-order valence-electron chi connectivity index (χ4n) is 2.54. The second-order valence-electron chi connectivity index (χ2n) is 6.05. The summed E-state index contributed by atoms with van der Waals surface area (Å²) in [6.45, 7) is 0.267. The molecule has 6 heteroatoms. The first-order valence-corrected chi connectivity index (χ1v) is 9.46. The van der Waals surface area contributed by atoms with Crippen molar-refractivity contribution in [2.75, 3.05) is 5.32 Å². The Morgan fingerprint density at radius 1 is 1.00 bits per heavy atom. The van der Waals surface area contributed by atoms with Gasteiger partial charge in [0.1, 0.15) is 24.0 Å². The van der Waals surface area contributed by atoms with E-state index in [0.29, 0.717) is 27.0 Å². The van der Waals surface area contributed by atoms with Crippen LogP contribution < -0.4 is 10.1 Å². The third-order valence-corrected chi connectivity index (χ3v) is 4.65. The lowest BCUT2D eigenvalue weighted by Crippen LogP contribution is -2.13. The molecule has 144 valence electrons. The molecule has 0 aromatic heterocycles. The number of nitrogens with zero attached hydrogens (tertiary/aromatic N) is 1. The Labute approximate surface area is 179 Å². The van der Waals surface area contributed by atoms with Gasteiger partial charge in [0.15, 0.2) is 0 Å². The molecule has 0 bridgehead atoms. The molecule has 0 radical (unpaired) electrons. The Kier molecular flexibility index (Phi) is 6.91. The minimum atomic E-state index is -0.518. The Morgan fingerprint density at radius 2 is 1.69 bits per heavy atom. The van der Waals surface area contributed by atoms with Crippen molar-refractivity contribution in [3.05, 3.63) is 99.5 Å². The third kappa shape index (κ3) is 5.61. The van der Waals surface area contributed by atoms with Gasteiger partial charge in [0, 0.05) is 26.9 Å². The normalized spacial score (nSPS) is 10.9. The monoisotopic (exact) mass is 422 g/mol. The van der Waals surface area contributed by atoms with Crippen molar-refractivity contribution in [3.63, 3.8) is 0 Å². The maximum absolute atomic E-state index is 12.5. The minimum Gasteiger partial charge on any atom is -0.488 e. The van der Waals surface area contributed by atoms with Crippen LogP contribution in [-0.4, -0.2) is 5.91 Å². The van der Waals surface area contributed by atoms with E-state index in [1.807, 2.05) is 30.3 Å². The third-order valence-electron chi connectivity index (χ3n) is 4.03. The average Bonchev–Trinajstić information content (AvgIpc) is 2.73. The largest absolute Gasteiger partial charge is 0.488 e. The van der Waals surface area contributed by atoms with Crippen LogP contribution in [0.4, 0.5) is 5.69 Å². The van der Waals surface area contributed by atoms with Gasteiger partial charge in [-0.05, 0) is 42.5 Å². The first-order valence-electron chi connectivity index (χ1n) is 8.71. The van der Waals surface area contributed by atoms with E-state index in [1.54, 1.807) is 48.5 Å². The number of para-hydroxylation sites is 1. The zero-order valence-corrected chi connectivity index (χ0v) is 16.7. The van der Waals surface area contributed by atoms with Crippen LogP contribution >= 0.6 is 23.2 Å². The smallest absolute Gasteiger partial charge is 0.266 e. The Morgan fingerprint density at radius 3 is 2.41 bits per heavy atom. The second-order valence-corrected chi connectivity index (χ2v) is 6.89. The van der Waals surface area contributed by atoms with E-state index in [9.17, 15) is 10.1 Å². The highest BCUT2D eigenvalue weighted by atomic mass is 35.5. The lowest BCUT2D eigenvalue weighted by molar-refractivity contribution is -0.112. The molecule has 0 unspecified atom stereocenters. The summed E-state index contributed by atoms with van der Waals surface area (Å²) in [6, 6.07) is 23.1. The molecular weight excluding hydrogens is 407 g/mol. The van der Waals surface area contributed by atoms with Gasteiger partial charge in [-0.2, -0.15) is 5.26 Å². The average molecular weight is 423 g/mol. The van der Waals surface area contributed by atoms with E-state index >= 15 is 0 Å². The first kappa shape index (κ1) is 20.5. The maximum atomic E-state index is 12.5. The molecule has 0 spiro atoms. The predicted octanol–water partition coefficient (Wildman–Crippen LogP) is 6.12. The number of benzene rings is 3. The molecule has 0 atom stereocenters. The second kappa shape index (κ2) is 9.79. The molecule has 0 fully saturated rings. The van der Waals surface area contributed by atoms with Crippen LogP contribution in [-0.2, 0) is 11.4 Å². The van der Waals surface area contributed by atoms with Crippen molar-refractivity contribution < 1.29 is 9.53 Å². The molecule has 0 aliphatic rings. The number of hydrogen-bond acceptors (Lipinski definition) is 3. The Hall–Kier alpha value is -3.26. The van der Waals surface area contributed by atoms with Gasteiger partial charge < -0.3 is 10.1 Å². The van der Waals surface area contributed by atoms with Gasteiger partial charge in [0.25, 0.3) is 5.91 Å². The van der Waals surface area contributed by atoms with E-state index in [4.69, 9.17) is 27.9 Å². The number of ether oxygens (including phenoxy) is 1. The summed E-state index contributed by atoms with van der Waals surface area (Å²) >= 11 is 12.0. The number of rotatable bonds is 6. The van der Waals surface area contributed by atoms with Gasteiger partial charge in [0.2, 0.25) is 0 Å². The SMILES string of the molecule is N#C/C(=C\c1ccccc1OCc1ccccc1Cl)C(=O)Nc1ccc(Cl)cc1. The van der Waals surface area contributed by atoms with Gasteiger partial charge in [0.05, 0.1) is 0 Å². The summed E-state index contributed by atoms with van der Waals surface area (Å²) in [6.07, 6.45) is 1.49. The van der Waals surface area contributed by atoms with E-state index in [2.05, 4.69) is 5.32 Å². The lowest BCUT2D eigenvalue weighted by Gasteiger charge is -2.11. The molecule has 0 saturated heterocycles. The molecule has 0 aliphatic carbocycles. The maximum Gasteiger partial charge on any atom is 0.266 e. The van der Waals surface area contributed by atoms with Crippen LogP contribution in [0.3, 0.4) is 0 Å². The van der Waals surface area contributed by atoms with Gasteiger partial charge in [-0.25, -0.2) is 0 Å². The number of halogens is 2. The summed E-state index contributed by atoms with van der Waals surface area (Å²) < 4.78 is 5.88. The molecular formula is C23H16Cl2N2O2. The summed E-state index contributed by atoms with van der Waals surface area (Å²) in [7, 11) is 0. The lowest BCUT2D eigenvalue weighted by atomic mass is 10.1. The molecule has 3 aromatic carbocycles. The predicted molar refractivity (Wildman–Crippen MR) is 116 cm³/mol. The number of hydrogen-bond donors (Lipinski definition) is 1. The number of anilines is 1. The zero-order chi connectivity index (χ0) is 20.6. The van der Waals surface area contributed by atoms with Crippen LogP contribution in [0.5, 0.6) is 5.75 Å². The molecule has 1 N–H and O–H groups in total.